The molecule has 0 saturated heterocycles. The predicted octanol–water partition coefficient (Wildman–Crippen LogP) is 4.29. The van der Waals surface area contributed by atoms with Crippen molar-refractivity contribution in [2.75, 3.05) is 0 Å². The van der Waals surface area contributed by atoms with Gasteiger partial charge in [0.2, 0.25) is 0 Å². The van der Waals surface area contributed by atoms with E-state index in [4.69, 9.17) is 33.9 Å². The molecule has 5 aromatic rings. The lowest BCUT2D eigenvalue weighted by Crippen LogP contribution is -2.42. The molecule has 34 heavy (non-hydrogen) atoms. The Morgan fingerprint density at radius 1 is 0.941 bits per heavy atom. The molecule has 3 heterocycles. The van der Waals surface area contributed by atoms with E-state index in [1.807, 2.05) is 36.4 Å². The summed E-state index contributed by atoms with van der Waals surface area (Å²) in [7, 11) is 3.50. The van der Waals surface area contributed by atoms with Crippen molar-refractivity contribution >= 4 is 34.1 Å². The molecule has 2 aromatic carbocycles. The van der Waals surface area contributed by atoms with Gasteiger partial charge in [-0.3, -0.25) is 9.78 Å². The molecule has 0 aliphatic carbocycles. The van der Waals surface area contributed by atoms with Gasteiger partial charge in [-0.25, -0.2) is 4.68 Å². The first-order valence-electron chi connectivity index (χ1n) is 10.5. The summed E-state index contributed by atoms with van der Waals surface area (Å²) in [5, 5.41) is 10.1. The lowest BCUT2D eigenvalue weighted by Gasteiger charge is -2.30. The average molecular weight is 491 g/mol. The fraction of sp³-hybridized carbons (Fsp3) is 0.120. The van der Waals surface area contributed by atoms with Gasteiger partial charge in [-0.15, -0.1) is 5.10 Å². The van der Waals surface area contributed by atoms with Gasteiger partial charge >= 0.3 is 0 Å². The van der Waals surface area contributed by atoms with Crippen LogP contribution in [0.5, 0.6) is 0 Å². The van der Waals surface area contributed by atoms with Gasteiger partial charge in [0.25, 0.3) is 5.56 Å². The maximum absolute atomic E-state index is 12.7. The zero-order chi connectivity index (χ0) is 24.0. The fourth-order valence-electron chi connectivity index (χ4n) is 4.24. The number of benzene rings is 2. The van der Waals surface area contributed by atoms with Crippen molar-refractivity contribution in [1.29, 1.82) is 0 Å². The van der Waals surface area contributed by atoms with Gasteiger partial charge in [0.15, 0.2) is 0 Å². The van der Waals surface area contributed by atoms with E-state index in [1.54, 1.807) is 60.0 Å². The van der Waals surface area contributed by atoms with E-state index in [0.717, 1.165) is 22.1 Å². The molecule has 170 valence electrons. The van der Waals surface area contributed by atoms with Crippen molar-refractivity contribution in [1.82, 2.24) is 24.5 Å². The highest BCUT2D eigenvalue weighted by atomic mass is 35.5. The number of aromatic nitrogens is 5. The second-order valence-electron chi connectivity index (χ2n) is 8.11. The summed E-state index contributed by atoms with van der Waals surface area (Å²) in [6.07, 6.45) is 3.29. The summed E-state index contributed by atoms with van der Waals surface area (Å²) in [5.74, 6) is 0. The minimum Gasteiger partial charge on any atom is -0.311 e. The Bertz CT molecular complexity index is 1590. The molecule has 5 rings (SSSR count). The summed E-state index contributed by atoms with van der Waals surface area (Å²) in [4.78, 5) is 17.4. The molecule has 0 saturated carbocycles. The molecule has 0 spiro atoms. The highest BCUT2D eigenvalue weighted by Crippen LogP contribution is 2.36. The lowest BCUT2D eigenvalue weighted by atomic mass is 9.83. The largest absolute Gasteiger partial charge is 0.311 e. The smallest absolute Gasteiger partial charge is 0.251 e. The number of rotatable bonds is 4. The maximum Gasteiger partial charge on any atom is 0.251 e. The topological polar surface area (TPSA) is 91.6 Å². The van der Waals surface area contributed by atoms with Crippen LogP contribution in [0.2, 0.25) is 10.0 Å². The number of halogens is 2. The van der Waals surface area contributed by atoms with Gasteiger partial charge in [0, 0.05) is 35.6 Å². The molecular weight excluding hydrogens is 471 g/mol. The van der Waals surface area contributed by atoms with E-state index in [-0.39, 0.29) is 5.56 Å². The Balaban J connectivity index is 1.84. The Kier molecular flexibility index (Phi) is 5.48. The van der Waals surface area contributed by atoms with Crippen molar-refractivity contribution in [3.8, 4) is 11.1 Å². The number of fused-ring (bicyclic) bond motifs is 1. The summed E-state index contributed by atoms with van der Waals surface area (Å²) in [6, 6.07) is 18.2. The zero-order valence-corrected chi connectivity index (χ0v) is 19.9. The average Bonchev–Trinajstić information content (AvgIpc) is 3.27. The lowest BCUT2D eigenvalue weighted by molar-refractivity contribution is 0.550. The summed E-state index contributed by atoms with van der Waals surface area (Å²) >= 11 is 12.4. The van der Waals surface area contributed by atoms with Crippen LogP contribution in [0.1, 0.15) is 17.0 Å². The van der Waals surface area contributed by atoms with Gasteiger partial charge in [-0.05, 0) is 47.0 Å². The number of hydrogen-bond acceptors (Lipinski definition) is 5. The second kappa shape index (κ2) is 8.36. The molecule has 0 bridgehead atoms. The first-order chi connectivity index (χ1) is 16.3. The van der Waals surface area contributed by atoms with Crippen LogP contribution in [-0.4, -0.2) is 24.5 Å². The van der Waals surface area contributed by atoms with Crippen LogP contribution in [0.4, 0.5) is 0 Å². The van der Waals surface area contributed by atoms with Crippen LogP contribution >= 0.6 is 23.2 Å². The number of hydrogen-bond donors (Lipinski definition) is 1. The molecule has 3 aromatic heterocycles. The molecular formula is C25H20Cl2N6O. The van der Waals surface area contributed by atoms with E-state index in [2.05, 4.69) is 10.3 Å². The molecule has 0 aliphatic rings. The molecule has 1 unspecified atom stereocenters. The maximum atomic E-state index is 12.7. The van der Waals surface area contributed by atoms with Crippen LogP contribution in [-0.2, 0) is 19.6 Å². The van der Waals surface area contributed by atoms with Crippen LogP contribution < -0.4 is 11.3 Å². The Labute approximate surface area is 205 Å². The molecule has 2 N–H and O–H groups in total. The molecule has 7 nitrogen and oxygen atoms in total. The van der Waals surface area contributed by atoms with Gasteiger partial charge in [0.1, 0.15) is 5.54 Å². The van der Waals surface area contributed by atoms with E-state index in [0.29, 0.717) is 26.9 Å². The molecule has 0 fully saturated rings. The van der Waals surface area contributed by atoms with E-state index in [9.17, 15) is 4.79 Å². The normalized spacial score (nSPS) is 13.2. The van der Waals surface area contributed by atoms with Gasteiger partial charge in [-0.2, -0.15) is 0 Å². The van der Waals surface area contributed by atoms with Crippen molar-refractivity contribution in [3.63, 3.8) is 0 Å². The molecule has 1 atom stereocenters. The Morgan fingerprint density at radius 2 is 1.71 bits per heavy atom. The number of aryl methyl sites for hydroxylation is 2. The summed E-state index contributed by atoms with van der Waals surface area (Å²) in [5.41, 5.74) is 10.0. The van der Waals surface area contributed by atoms with Gasteiger partial charge in [0.05, 0.1) is 29.3 Å². The highest BCUT2D eigenvalue weighted by Gasteiger charge is 2.37. The predicted molar refractivity (Wildman–Crippen MR) is 134 cm³/mol. The van der Waals surface area contributed by atoms with E-state index >= 15 is 0 Å². The third-order valence-electron chi connectivity index (χ3n) is 6.09. The number of pyridine rings is 2. The van der Waals surface area contributed by atoms with Crippen LogP contribution in [0.15, 0.2) is 77.9 Å². The summed E-state index contributed by atoms with van der Waals surface area (Å²) < 4.78 is 3.19. The Hall–Kier alpha value is -3.52. The van der Waals surface area contributed by atoms with Crippen molar-refractivity contribution in [2.24, 2.45) is 19.8 Å². The first kappa shape index (κ1) is 22.3. The second-order valence-corrected chi connectivity index (χ2v) is 8.98. The van der Waals surface area contributed by atoms with Crippen molar-refractivity contribution in [3.05, 3.63) is 110 Å². The van der Waals surface area contributed by atoms with Crippen LogP contribution in [0.25, 0.3) is 22.0 Å². The third kappa shape index (κ3) is 3.58. The molecule has 0 radical (unpaired) electrons. The molecule has 0 aliphatic heterocycles. The monoisotopic (exact) mass is 490 g/mol. The number of nitrogens with zero attached hydrogens (tertiary/aromatic N) is 5. The molecule has 9 heteroatoms. The minimum atomic E-state index is -1.18. The standard InChI is InChI=1S/C25H20Cl2N6O/c1-32-21-13-29-22(11-20(21)19(12-24(32)34)15-4-3-5-18(27)10-15)25(28,23-14-30-31-33(23)2)16-6-8-17(26)9-7-16/h3-14H,28H2,1-2H3. The highest BCUT2D eigenvalue weighted by molar-refractivity contribution is 6.31. The summed E-state index contributed by atoms with van der Waals surface area (Å²) in [6.45, 7) is 0. The van der Waals surface area contributed by atoms with E-state index < -0.39 is 5.54 Å². The van der Waals surface area contributed by atoms with Gasteiger partial charge < -0.3 is 10.3 Å². The SMILES string of the molecule is Cn1nncc1C(N)(c1ccc(Cl)cc1)c1cc2c(-c3cccc(Cl)c3)cc(=O)n(C)c2cn1. The Morgan fingerprint density at radius 3 is 2.38 bits per heavy atom. The van der Waals surface area contributed by atoms with E-state index in [1.165, 1.54) is 0 Å². The number of nitrogens with two attached hydrogens (primary N) is 1. The van der Waals surface area contributed by atoms with Crippen LogP contribution in [0.3, 0.4) is 0 Å². The quantitative estimate of drug-likeness (QED) is 0.405. The molecule has 0 amide bonds. The van der Waals surface area contributed by atoms with Crippen LogP contribution in [0, 0.1) is 0 Å². The minimum absolute atomic E-state index is 0.149. The first-order valence-corrected chi connectivity index (χ1v) is 11.2. The van der Waals surface area contributed by atoms with Gasteiger partial charge in [-0.1, -0.05) is 52.7 Å². The third-order valence-corrected chi connectivity index (χ3v) is 6.58. The van der Waals surface area contributed by atoms with Crippen molar-refractivity contribution in [2.45, 2.75) is 5.54 Å². The fourth-order valence-corrected chi connectivity index (χ4v) is 4.56. The zero-order valence-electron chi connectivity index (χ0n) is 18.4. The van der Waals surface area contributed by atoms with Crippen molar-refractivity contribution < 1.29 is 0 Å².